The Bertz CT molecular complexity index is 790. The van der Waals surface area contributed by atoms with Crippen molar-refractivity contribution in [3.63, 3.8) is 0 Å². The molecular formula is C22H26N2O4. The number of likely N-dealkylation sites (tertiary alicyclic amines) is 1. The van der Waals surface area contributed by atoms with Gasteiger partial charge >= 0.3 is 0 Å². The molecule has 2 heterocycles. The number of para-hydroxylation sites is 1. The van der Waals surface area contributed by atoms with E-state index in [9.17, 15) is 4.79 Å². The Hall–Kier alpha value is -2.73. The van der Waals surface area contributed by atoms with Gasteiger partial charge in [-0.3, -0.25) is 9.69 Å². The number of nitrogens with zero attached hydrogens (tertiary/aromatic N) is 1. The quantitative estimate of drug-likeness (QED) is 0.760. The molecule has 1 saturated heterocycles. The van der Waals surface area contributed by atoms with Gasteiger partial charge in [0.25, 0.3) is 0 Å². The van der Waals surface area contributed by atoms with Crippen molar-refractivity contribution in [1.82, 2.24) is 10.2 Å². The van der Waals surface area contributed by atoms with Gasteiger partial charge in [0, 0.05) is 6.54 Å². The zero-order valence-corrected chi connectivity index (χ0v) is 15.9. The first kappa shape index (κ1) is 18.6. The Morgan fingerprint density at radius 3 is 2.68 bits per heavy atom. The zero-order valence-electron chi connectivity index (χ0n) is 15.9. The van der Waals surface area contributed by atoms with Gasteiger partial charge in [0.15, 0.2) is 11.5 Å². The van der Waals surface area contributed by atoms with Gasteiger partial charge in [-0.2, -0.15) is 0 Å². The molecule has 0 saturated carbocycles. The van der Waals surface area contributed by atoms with Crippen LogP contribution in [0.4, 0.5) is 0 Å². The molecule has 6 nitrogen and oxygen atoms in total. The molecule has 28 heavy (non-hydrogen) atoms. The van der Waals surface area contributed by atoms with E-state index in [0.717, 1.165) is 35.9 Å². The van der Waals surface area contributed by atoms with Crippen LogP contribution in [-0.2, 0) is 4.79 Å². The van der Waals surface area contributed by atoms with Crippen LogP contribution < -0.4 is 19.5 Å². The molecule has 0 radical (unpaired) electrons. The summed E-state index contributed by atoms with van der Waals surface area (Å²) in [4.78, 5) is 14.7. The van der Waals surface area contributed by atoms with Crippen molar-refractivity contribution in [1.29, 1.82) is 0 Å². The number of ether oxygens (including phenoxy) is 3. The minimum atomic E-state index is 0.000807. The summed E-state index contributed by atoms with van der Waals surface area (Å²) >= 11 is 0. The molecule has 148 valence electrons. The lowest BCUT2D eigenvalue weighted by Gasteiger charge is -2.28. The van der Waals surface area contributed by atoms with Gasteiger partial charge in [0.2, 0.25) is 12.7 Å². The second-order valence-electron chi connectivity index (χ2n) is 7.09. The maximum atomic E-state index is 12.3. The number of rotatable bonds is 8. The lowest BCUT2D eigenvalue weighted by atomic mass is 10.0. The van der Waals surface area contributed by atoms with E-state index in [1.165, 1.54) is 12.8 Å². The van der Waals surface area contributed by atoms with Gasteiger partial charge < -0.3 is 19.5 Å². The van der Waals surface area contributed by atoms with Crippen LogP contribution in [-0.4, -0.2) is 43.8 Å². The fourth-order valence-corrected chi connectivity index (χ4v) is 3.71. The Labute approximate surface area is 165 Å². The molecule has 0 aromatic heterocycles. The molecule has 1 fully saturated rings. The molecular weight excluding hydrogens is 356 g/mol. The Balaban J connectivity index is 1.33. The van der Waals surface area contributed by atoms with Crippen molar-refractivity contribution in [3.05, 3.63) is 54.1 Å². The Kier molecular flexibility index (Phi) is 5.97. The number of fused-ring (bicyclic) bond motifs is 1. The molecule has 2 aromatic carbocycles. The second-order valence-corrected chi connectivity index (χ2v) is 7.09. The van der Waals surface area contributed by atoms with E-state index >= 15 is 0 Å². The van der Waals surface area contributed by atoms with Crippen LogP contribution in [0.25, 0.3) is 0 Å². The molecule has 0 spiro atoms. The van der Waals surface area contributed by atoms with Crippen molar-refractivity contribution >= 4 is 5.91 Å². The van der Waals surface area contributed by atoms with Gasteiger partial charge in [0.05, 0.1) is 19.1 Å². The molecule has 1 atom stereocenters. The third-order valence-electron chi connectivity index (χ3n) is 5.20. The third-order valence-corrected chi connectivity index (χ3v) is 5.20. The molecule has 2 aliphatic rings. The average Bonchev–Trinajstić information content (AvgIpc) is 3.41. The van der Waals surface area contributed by atoms with Crippen LogP contribution in [0.1, 0.15) is 30.9 Å². The van der Waals surface area contributed by atoms with Crippen LogP contribution in [0.15, 0.2) is 48.5 Å². The first-order valence-electron chi connectivity index (χ1n) is 9.88. The Morgan fingerprint density at radius 1 is 1.07 bits per heavy atom. The normalized spacial score (nSPS) is 16.7. The SMILES string of the molecule is O=C(CCOc1ccccc1)NCC(c1ccc2c(c1)OCO2)N1CCCC1. The van der Waals surface area contributed by atoms with E-state index in [4.69, 9.17) is 14.2 Å². The highest BCUT2D eigenvalue weighted by Crippen LogP contribution is 2.36. The van der Waals surface area contributed by atoms with Crippen molar-refractivity contribution in [2.24, 2.45) is 0 Å². The minimum absolute atomic E-state index is 0.000807. The summed E-state index contributed by atoms with van der Waals surface area (Å²) in [6, 6.07) is 15.8. The van der Waals surface area contributed by atoms with E-state index < -0.39 is 0 Å². The summed E-state index contributed by atoms with van der Waals surface area (Å²) in [6.45, 7) is 3.31. The van der Waals surface area contributed by atoms with E-state index in [1.54, 1.807) is 0 Å². The lowest BCUT2D eigenvalue weighted by molar-refractivity contribution is -0.121. The maximum Gasteiger partial charge on any atom is 0.231 e. The van der Waals surface area contributed by atoms with Gasteiger partial charge in [-0.15, -0.1) is 0 Å². The number of hydrogen-bond acceptors (Lipinski definition) is 5. The van der Waals surface area contributed by atoms with E-state index in [-0.39, 0.29) is 18.7 Å². The maximum absolute atomic E-state index is 12.3. The topological polar surface area (TPSA) is 60.0 Å². The predicted octanol–water partition coefficient (Wildman–Crippen LogP) is 3.14. The molecule has 0 bridgehead atoms. The summed E-state index contributed by atoms with van der Waals surface area (Å²) in [5, 5.41) is 3.08. The minimum Gasteiger partial charge on any atom is -0.493 e. The van der Waals surface area contributed by atoms with Crippen molar-refractivity contribution in [2.75, 3.05) is 33.0 Å². The highest BCUT2D eigenvalue weighted by molar-refractivity contribution is 5.76. The first-order valence-corrected chi connectivity index (χ1v) is 9.88. The summed E-state index contributed by atoms with van der Waals surface area (Å²) in [6.07, 6.45) is 2.72. The summed E-state index contributed by atoms with van der Waals surface area (Å²) in [5.74, 6) is 2.35. The van der Waals surface area contributed by atoms with Gasteiger partial charge in [-0.05, 0) is 55.8 Å². The number of carbonyl (C=O) groups excluding carboxylic acids is 1. The molecule has 0 aliphatic carbocycles. The number of nitrogens with one attached hydrogen (secondary N) is 1. The summed E-state index contributed by atoms with van der Waals surface area (Å²) < 4.78 is 16.6. The molecule has 2 aromatic rings. The van der Waals surface area contributed by atoms with Gasteiger partial charge in [-0.1, -0.05) is 24.3 Å². The van der Waals surface area contributed by atoms with Crippen LogP contribution >= 0.6 is 0 Å². The largest absolute Gasteiger partial charge is 0.493 e. The smallest absolute Gasteiger partial charge is 0.231 e. The molecule has 1 N–H and O–H groups in total. The number of hydrogen-bond donors (Lipinski definition) is 1. The molecule has 4 rings (SSSR count). The van der Waals surface area contributed by atoms with Crippen molar-refractivity contribution in [2.45, 2.75) is 25.3 Å². The molecule has 2 aliphatic heterocycles. The van der Waals surface area contributed by atoms with Crippen LogP contribution in [0.3, 0.4) is 0 Å². The number of amides is 1. The predicted molar refractivity (Wildman–Crippen MR) is 106 cm³/mol. The Morgan fingerprint density at radius 2 is 1.86 bits per heavy atom. The van der Waals surface area contributed by atoms with Crippen molar-refractivity contribution < 1.29 is 19.0 Å². The second kappa shape index (κ2) is 8.97. The fraction of sp³-hybridized carbons (Fsp3) is 0.409. The fourth-order valence-electron chi connectivity index (χ4n) is 3.71. The summed E-state index contributed by atoms with van der Waals surface area (Å²) in [7, 11) is 0. The highest BCUT2D eigenvalue weighted by atomic mass is 16.7. The standard InChI is InChI=1S/C22H26N2O4/c25-22(10-13-26-18-6-2-1-3-7-18)23-15-19(24-11-4-5-12-24)17-8-9-20-21(14-17)28-16-27-20/h1-3,6-9,14,19H,4-5,10-13,15-16H2,(H,23,25). The molecule has 1 unspecified atom stereocenters. The van der Waals surface area contributed by atoms with Gasteiger partial charge in [0.1, 0.15) is 5.75 Å². The van der Waals surface area contributed by atoms with Crippen LogP contribution in [0, 0.1) is 0 Å². The third kappa shape index (κ3) is 4.57. The van der Waals surface area contributed by atoms with E-state index in [2.05, 4.69) is 16.3 Å². The number of benzene rings is 2. The van der Waals surface area contributed by atoms with Crippen LogP contribution in [0.2, 0.25) is 0 Å². The molecule has 6 heteroatoms. The highest BCUT2D eigenvalue weighted by Gasteiger charge is 2.26. The van der Waals surface area contributed by atoms with E-state index in [1.807, 2.05) is 42.5 Å². The van der Waals surface area contributed by atoms with Crippen LogP contribution in [0.5, 0.6) is 17.2 Å². The van der Waals surface area contributed by atoms with Gasteiger partial charge in [-0.25, -0.2) is 0 Å². The van der Waals surface area contributed by atoms with E-state index in [0.29, 0.717) is 19.6 Å². The monoisotopic (exact) mass is 382 g/mol. The number of carbonyl (C=O) groups is 1. The van der Waals surface area contributed by atoms with Crippen molar-refractivity contribution in [3.8, 4) is 17.2 Å². The zero-order chi connectivity index (χ0) is 19.2. The molecule has 1 amide bonds. The summed E-state index contributed by atoms with van der Waals surface area (Å²) in [5.41, 5.74) is 1.15. The lowest BCUT2D eigenvalue weighted by Crippen LogP contribution is -2.37. The average molecular weight is 382 g/mol. The first-order chi connectivity index (χ1) is 13.8.